The molecular weight excluding hydrogens is 344 g/mol. The number of amides is 3. The highest BCUT2D eigenvalue weighted by Gasteiger charge is 2.41. The summed E-state index contributed by atoms with van der Waals surface area (Å²) in [4.78, 5) is 30.2. The number of hydrogen-bond donors (Lipinski definition) is 2. The molecule has 1 aromatic rings. The van der Waals surface area contributed by atoms with E-state index >= 15 is 0 Å². The monoisotopic (exact) mass is 374 g/mol. The summed E-state index contributed by atoms with van der Waals surface area (Å²) in [6, 6.07) is 3.57. The number of pyridine rings is 1. The maximum absolute atomic E-state index is 12.2. The number of ether oxygens (including phenoxy) is 1. The average molecular weight is 374 g/mol. The van der Waals surface area contributed by atoms with Crippen LogP contribution in [0.4, 0.5) is 4.79 Å². The molecule has 3 rings (SSSR count). The zero-order valence-corrected chi connectivity index (χ0v) is 16.1. The van der Waals surface area contributed by atoms with Crippen molar-refractivity contribution in [3.05, 3.63) is 30.1 Å². The van der Waals surface area contributed by atoms with Crippen molar-refractivity contribution < 1.29 is 14.3 Å². The Labute approximate surface area is 160 Å². The Balaban J connectivity index is 1.47. The van der Waals surface area contributed by atoms with E-state index in [1.807, 2.05) is 4.90 Å². The first-order valence-electron chi connectivity index (χ1n) is 9.97. The maximum atomic E-state index is 12.2. The summed E-state index contributed by atoms with van der Waals surface area (Å²) in [5, 5.41) is 5.98. The Morgan fingerprint density at radius 3 is 2.85 bits per heavy atom. The number of likely N-dealkylation sites (tertiary alicyclic amines) is 1. The Bertz CT molecular complexity index is 629. The predicted octanol–water partition coefficient (Wildman–Crippen LogP) is 2.19. The van der Waals surface area contributed by atoms with Gasteiger partial charge in [-0.3, -0.25) is 9.78 Å². The van der Waals surface area contributed by atoms with Crippen LogP contribution in [-0.4, -0.2) is 60.2 Å². The van der Waals surface area contributed by atoms with Gasteiger partial charge < -0.3 is 20.3 Å². The molecule has 0 saturated carbocycles. The van der Waals surface area contributed by atoms with Gasteiger partial charge in [-0.2, -0.15) is 0 Å². The largest absolute Gasteiger partial charge is 0.375 e. The van der Waals surface area contributed by atoms with Crippen LogP contribution in [-0.2, 0) is 4.74 Å². The van der Waals surface area contributed by atoms with E-state index in [1.165, 1.54) is 0 Å². The number of aromatic nitrogens is 1. The molecule has 1 spiro atoms. The van der Waals surface area contributed by atoms with Crippen LogP contribution in [0.3, 0.4) is 0 Å². The van der Waals surface area contributed by atoms with E-state index in [2.05, 4.69) is 22.5 Å². The van der Waals surface area contributed by atoms with E-state index in [9.17, 15) is 9.59 Å². The van der Waals surface area contributed by atoms with Crippen molar-refractivity contribution in [3.8, 4) is 0 Å². The number of nitrogens with one attached hydrogen (secondary N) is 2. The van der Waals surface area contributed by atoms with Crippen molar-refractivity contribution in [1.82, 2.24) is 20.5 Å². The fraction of sp³-hybridized carbons (Fsp3) is 0.650. The zero-order chi connectivity index (χ0) is 19.1. The fourth-order valence-corrected chi connectivity index (χ4v) is 3.95. The molecule has 27 heavy (non-hydrogen) atoms. The Morgan fingerprint density at radius 1 is 1.33 bits per heavy atom. The minimum atomic E-state index is -0.149. The molecule has 1 unspecified atom stereocenters. The lowest BCUT2D eigenvalue weighted by Gasteiger charge is -2.46. The molecule has 2 N–H and O–H groups in total. The number of carbonyl (C=O) groups excluding carboxylic acids is 2. The molecule has 0 bridgehead atoms. The Morgan fingerprint density at radius 2 is 2.15 bits per heavy atom. The third-order valence-corrected chi connectivity index (χ3v) is 5.56. The number of carbonyl (C=O) groups is 2. The summed E-state index contributed by atoms with van der Waals surface area (Å²) >= 11 is 0. The Hall–Kier alpha value is -2.15. The van der Waals surface area contributed by atoms with Crippen molar-refractivity contribution in [2.45, 2.75) is 44.6 Å². The average Bonchev–Trinajstić information content (AvgIpc) is 2.71. The first-order chi connectivity index (χ1) is 13.1. The standard InChI is InChI=1S/C20H30N4O3/c1-2-8-22-19(26)24-10-6-20(7-11-24)13-16(5-12-27-20)14-23-18(25)17-4-3-9-21-15-17/h3-4,9,15-16H,2,5-8,10-14H2,1H3,(H,22,26)(H,23,25). The molecule has 1 aromatic heterocycles. The number of rotatable bonds is 5. The van der Waals surface area contributed by atoms with E-state index in [0.717, 1.165) is 58.3 Å². The molecule has 2 aliphatic heterocycles. The van der Waals surface area contributed by atoms with Gasteiger partial charge in [-0.1, -0.05) is 6.92 Å². The van der Waals surface area contributed by atoms with Gasteiger partial charge >= 0.3 is 6.03 Å². The van der Waals surface area contributed by atoms with Crippen LogP contribution in [0.2, 0.25) is 0 Å². The second-order valence-corrected chi connectivity index (χ2v) is 7.56. The summed E-state index contributed by atoms with van der Waals surface area (Å²) < 4.78 is 6.16. The molecule has 2 aliphatic rings. The molecule has 2 saturated heterocycles. The highest BCUT2D eigenvalue weighted by Crippen LogP contribution is 2.37. The van der Waals surface area contributed by atoms with Crippen LogP contribution < -0.4 is 10.6 Å². The van der Waals surface area contributed by atoms with E-state index < -0.39 is 0 Å². The van der Waals surface area contributed by atoms with Gasteiger partial charge in [0.25, 0.3) is 5.91 Å². The van der Waals surface area contributed by atoms with Crippen molar-refractivity contribution in [3.63, 3.8) is 0 Å². The summed E-state index contributed by atoms with van der Waals surface area (Å²) in [5.74, 6) is 0.325. The predicted molar refractivity (Wildman–Crippen MR) is 102 cm³/mol. The summed E-state index contributed by atoms with van der Waals surface area (Å²) in [6.45, 7) is 5.59. The van der Waals surface area contributed by atoms with Gasteiger partial charge in [0.15, 0.2) is 0 Å². The molecule has 7 nitrogen and oxygen atoms in total. The highest BCUT2D eigenvalue weighted by molar-refractivity contribution is 5.93. The van der Waals surface area contributed by atoms with Crippen LogP contribution >= 0.6 is 0 Å². The van der Waals surface area contributed by atoms with Crippen LogP contribution in [0.1, 0.15) is 49.4 Å². The maximum Gasteiger partial charge on any atom is 0.317 e. The lowest BCUT2D eigenvalue weighted by Crippen LogP contribution is -2.53. The lowest BCUT2D eigenvalue weighted by atomic mass is 9.79. The molecule has 2 fully saturated rings. The molecular formula is C20H30N4O3. The first kappa shape index (κ1) is 19.6. The van der Waals surface area contributed by atoms with Gasteiger partial charge in [0.1, 0.15) is 0 Å². The lowest BCUT2D eigenvalue weighted by molar-refractivity contribution is -0.122. The number of urea groups is 1. The van der Waals surface area contributed by atoms with Crippen molar-refractivity contribution in [2.24, 2.45) is 5.92 Å². The molecule has 0 aliphatic carbocycles. The summed E-state index contributed by atoms with van der Waals surface area (Å²) in [5.41, 5.74) is 0.439. The minimum absolute atomic E-state index is 0.0304. The van der Waals surface area contributed by atoms with Crippen molar-refractivity contribution in [2.75, 3.05) is 32.8 Å². The quantitative estimate of drug-likeness (QED) is 0.828. The highest BCUT2D eigenvalue weighted by atomic mass is 16.5. The molecule has 0 aromatic carbocycles. The molecule has 3 amide bonds. The van der Waals surface area contributed by atoms with E-state index in [4.69, 9.17) is 4.74 Å². The molecule has 7 heteroatoms. The van der Waals surface area contributed by atoms with Crippen LogP contribution in [0.25, 0.3) is 0 Å². The number of piperidine rings is 1. The van der Waals surface area contributed by atoms with Crippen LogP contribution in [0, 0.1) is 5.92 Å². The second kappa shape index (κ2) is 9.17. The normalized spacial score (nSPS) is 21.7. The van der Waals surface area contributed by atoms with Crippen LogP contribution in [0.15, 0.2) is 24.5 Å². The number of nitrogens with zero attached hydrogens (tertiary/aromatic N) is 2. The van der Waals surface area contributed by atoms with Gasteiger partial charge in [-0.05, 0) is 50.2 Å². The van der Waals surface area contributed by atoms with Gasteiger partial charge in [0, 0.05) is 45.2 Å². The van der Waals surface area contributed by atoms with Crippen LogP contribution in [0.5, 0.6) is 0 Å². The minimum Gasteiger partial charge on any atom is -0.375 e. The van der Waals surface area contributed by atoms with Gasteiger partial charge in [0.2, 0.25) is 0 Å². The summed E-state index contributed by atoms with van der Waals surface area (Å²) in [6.07, 6.45) is 7.80. The third-order valence-electron chi connectivity index (χ3n) is 5.56. The van der Waals surface area contributed by atoms with Gasteiger partial charge in [-0.15, -0.1) is 0 Å². The number of hydrogen-bond acceptors (Lipinski definition) is 4. The van der Waals surface area contributed by atoms with Gasteiger partial charge in [-0.25, -0.2) is 4.79 Å². The Kier molecular flexibility index (Phi) is 6.66. The zero-order valence-electron chi connectivity index (χ0n) is 16.1. The topological polar surface area (TPSA) is 83.6 Å². The fourth-order valence-electron chi connectivity index (χ4n) is 3.95. The summed E-state index contributed by atoms with van der Waals surface area (Å²) in [7, 11) is 0. The smallest absolute Gasteiger partial charge is 0.317 e. The van der Waals surface area contributed by atoms with Crippen molar-refractivity contribution >= 4 is 11.9 Å². The van der Waals surface area contributed by atoms with E-state index in [0.29, 0.717) is 18.0 Å². The van der Waals surface area contributed by atoms with E-state index in [-0.39, 0.29) is 17.5 Å². The molecule has 3 heterocycles. The molecule has 148 valence electrons. The molecule has 1 atom stereocenters. The van der Waals surface area contributed by atoms with Crippen molar-refractivity contribution in [1.29, 1.82) is 0 Å². The molecule has 0 radical (unpaired) electrons. The van der Waals surface area contributed by atoms with E-state index in [1.54, 1.807) is 24.5 Å². The third kappa shape index (κ3) is 5.19. The first-order valence-corrected chi connectivity index (χ1v) is 9.97. The SMILES string of the molecule is CCCNC(=O)N1CCC2(CC1)CC(CNC(=O)c1cccnc1)CCO2. The second-order valence-electron chi connectivity index (χ2n) is 7.56. The van der Waals surface area contributed by atoms with Gasteiger partial charge in [0.05, 0.1) is 11.2 Å².